The number of anilines is 4. The van der Waals surface area contributed by atoms with Crippen molar-refractivity contribution >= 4 is 23.1 Å². The number of hydrogen-bond donors (Lipinski definition) is 1. The van der Waals surface area contributed by atoms with Crippen molar-refractivity contribution in [3.05, 3.63) is 69.9 Å². The van der Waals surface area contributed by atoms with Crippen LogP contribution < -0.4 is 10.2 Å². The van der Waals surface area contributed by atoms with Gasteiger partial charge in [-0.2, -0.15) is 10.2 Å². The molecular weight excluding hydrogens is 382 g/mol. The predicted molar refractivity (Wildman–Crippen MR) is 125 cm³/mol. The van der Waals surface area contributed by atoms with Crippen molar-refractivity contribution in [2.45, 2.75) is 40.0 Å². The zero-order valence-corrected chi connectivity index (χ0v) is 18.2. The topological polar surface area (TPSA) is 64.8 Å². The van der Waals surface area contributed by atoms with Crippen LogP contribution in [0.5, 0.6) is 0 Å². The van der Waals surface area contributed by atoms with Gasteiger partial charge in [0.25, 0.3) is 0 Å². The summed E-state index contributed by atoms with van der Waals surface area (Å²) in [6.45, 7) is 7.24. The first-order chi connectivity index (χ1) is 15.0. The second-order valence-electron chi connectivity index (χ2n) is 7.93. The van der Waals surface area contributed by atoms with E-state index in [0.29, 0.717) is 11.5 Å². The largest absolute Gasteiger partial charge is 0.325 e. The summed E-state index contributed by atoms with van der Waals surface area (Å²) in [5.41, 5.74) is 8.62. The Labute approximate surface area is 183 Å². The minimum absolute atomic E-state index is 0.564. The van der Waals surface area contributed by atoms with Crippen LogP contribution in [-0.2, 0) is 12.8 Å². The van der Waals surface area contributed by atoms with Crippen molar-refractivity contribution in [2.24, 2.45) is 0 Å². The molecule has 0 saturated carbocycles. The quantitative estimate of drug-likeness (QED) is 0.583. The highest BCUT2D eigenvalue weighted by Crippen LogP contribution is 2.39. The van der Waals surface area contributed by atoms with Crippen LogP contribution in [0.2, 0.25) is 0 Å². The van der Waals surface area contributed by atoms with E-state index < -0.39 is 0 Å². The predicted octanol–water partition coefficient (Wildman–Crippen LogP) is 5.28. The minimum Gasteiger partial charge on any atom is -0.325 e. The highest BCUT2D eigenvalue weighted by molar-refractivity contribution is 5.74. The van der Waals surface area contributed by atoms with E-state index in [4.69, 9.17) is 16.7 Å². The highest BCUT2D eigenvalue weighted by Gasteiger charge is 2.27. The average molecular weight is 408 g/mol. The third-order valence-corrected chi connectivity index (χ3v) is 5.68. The fourth-order valence-electron chi connectivity index (χ4n) is 4.29. The van der Waals surface area contributed by atoms with Gasteiger partial charge in [0.05, 0.1) is 11.6 Å². The number of aryl methyl sites for hydroxylation is 4. The minimum atomic E-state index is 0.564. The number of benzene rings is 2. The van der Waals surface area contributed by atoms with Crippen LogP contribution in [0.15, 0.2) is 36.4 Å². The number of rotatable bonds is 5. The summed E-state index contributed by atoms with van der Waals surface area (Å²) in [5, 5.41) is 12.3. The van der Waals surface area contributed by atoms with Gasteiger partial charge in [0.1, 0.15) is 5.82 Å². The molecule has 1 N–H and O–H groups in total. The molecule has 0 unspecified atom stereocenters. The Morgan fingerprint density at radius 1 is 1.10 bits per heavy atom. The molecule has 4 rings (SSSR count). The Morgan fingerprint density at radius 3 is 2.45 bits per heavy atom. The van der Waals surface area contributed by atoms with Crippen LogP contribution in [0.25, 0.3) is 0 Å². The Kier molecular flexibility index (Phi) is 5.60. The monoisotopic (exact) mass is 407 g/mol. The van der Waals surface area contributed by atoms with Gasteiger partial charge in [0.15, 0.2) is 0 Å². The van der Waals surface area contributed by atoms with Gasteiger partial charge in [0, 0.05) is 35.6 Å². The number of nitriles is 1. The molecule has 2 heterocycles. The number of aromatic nitrogens is 2. The molecule has 31 heavy (non-hydrogen) atoms. The van der Waals surface area contributed by atoms with Gasteiger partial charge in [-0.25, -0.2) is 4.98 Å². The molecular formula is C26H25N5. The van der Waals surface area contributed by atoms with Gasteiger partial charge >= 0.3 is 0 Å². The van der Waals surface area contributed by atoms with Gasteiger partial charge in [-0.1, -0.05) is 12.1 Å². The summed E-state index contributed by atoms with van der Waals surface area (Å²) in [5.74, 6) is 4.25. The summed E-state index contributed by atoms with van der Waals surface area (Å²) in [6.07, 6.45) is 8.02. The first-order valence-corrected chi connectivity index (χ1v) is 10.5. The lowest BCUT2D eigenvalue weighted by Gasteiger charge is -2.24. The summed E-state index contributed by atoms with van der Waals surface area (Å²) < 4.78 is 0. The number of fused-ring (bicyclic) bond motifs is 1. The highest BCUT2D eigenvalue weighted by atomic mass is 15.3. The number of nitrogens with zero attached hydrogens (tertiary/aromatic N) is 4. The van der Waals surface area contributed by atoms with E-state index in [1.807, 2.05) is 19.1 Å². The number of hydrogen-bond acceptors (Lipinski definition) is 5. The second kappa shape index (κ2) is 8.50. The van der Waals surface area contributed by atoms with Crippen molar-refractivity contribution in [3.8, 4) is 18.4 Å². The first kappa shape index (κ1) is 20.4. The van der Waals surface area contributed by atoms with Crippen molar-refractivity contribution in [3.63, 3.8) is 0 Å². The molecule has 0 atom stereocenters. The van der Waals surface area contributed by atoms with Crippen molar-refractivity contribution < 1.29 is 0 Å². The van der Waals surface area contributed by atoms with E-state index >= 15 is 0 Å². The summed E-state index contributed by atoms with van der Waals surface area (Å²) in [6, 6.07) is 13.9. The SMILES string of the molecule is C#CCCc1cc(C)c(N2CCc3c(C)nc(Nc4ccc(C#N)cc4)nc32)c(C)c1. The molecule has 5 heteroatoms. The van der Waals surface area contributed by atoms with Crippen LogP contribution >= 0.6 is 0 Å². The van der Waals surface area contributed by atoms with Gasteiger partial charge in [-0.3, -0.25) is 0 Å². The second-order valence-corrected chi connectivity index (χ2v) is 7.93. The van der Waals surface area contributed by atoms with E-state index in [2.05, 4.69) is 53.2 Å². The van der Waals surface area contributed by atoms with Crippen molar-refractivity contribution in [2.75, 3.05) is 16.8 Å². The maximum atomic E-state index is 8.99. The van der Waals surface area contributed by atoms with Crippen LogP contribution in [0.4, 0.5) is 23.1 Å². The average Bonchev–Trinajstić information content (AvgIpc) is 3.16. The van der Waals surface area contributed by atoms with Gasteiger partial charge in [-0.15, -0.1) is 12.3 Å². The van der Waals surface area contributed by atoms with Gasteiger partial charge in [0.2, 0.25) is 5.95 Å². The third kappa shape index (κ3) is 4.09. The molecule has 0 fully saturated rings. The smallest absolute Gasteiger partial charge is 0.229 e. The van der Waals surface area contributed by atoms with E-state index in [1.54, 1.807) is 12.1 Å². The summed E-state index contributed by atoms with van der Waals surface area (Å²) >= 11 is 0. The molecule has 3 aromatic rings. The van der Waals surface area contributed by atoms with E-state index in [1.165, 1.54) is 27.9 Å². The normalized spacial score (nSPS) is 12.2. The number of terminal acetylenes is 1. The molecule has 154 valence electrons. The van der Waals surface area contributed by atoms with E-state index in [-0.39, 0.29) is 0 Å². The Hall–Kier alpha value is -3.83. The van der Waals surface area contributed by atoms with Crippen LogP contribution in [-0.4, -0.2) is 16.5 Å². The fourth-order valence-corrected chi connectivity index (χ4v) is 4.29. The number of nitrogens with one attached hydrogen (secondary N) is 1. The molecule has 1 aromatic heterocycles. The van der Waals surface area contributed by atoms with E-state index in [0.717, 1.165) is 43.0 Å². The van der Waals surface area contributed by atoms with E-state index in [9.17, 15) is 0 Å². The Bertz CT molecular complexity index is 1190. The Balaban J connectivity index is 1.68. The fraction of sp³-hybridized carbons (Fsp3) is 0.269. The van der Waals surface area contributed by atoms with Crippen LogP contribution in [0, 0.1) is 44.4 Å². The third-order valence-electron chi connectivity index (χ3n) is 5.68. The molecule has 1 aliphatic rings. The molecule has 1 aliphatic heterocycles. The van der Waals surface area contributed by atoms with Gasteiger partial charge < -0.3 is 10.2 Å². The molecule has 0 aliphatic carbocycles. The summed E-state index contributed by atoms with van der Waals surface area (Å²) in [7, 11) is 0. The maximum Gasteiger partial charge on any atom is 0.229 e. The molecule has 0 bridgehead atoms. The Morgan fingerprint density at radius 2 is 1.81 bits per heavy atom. The standard InChI is InChI=1S/C26H25N5/c1-5-6-7-21-14-17(2)24(18(3)15-21)31-13-12-23-19(4)28-26(30-25(23)31)29-22-10-8-20(16-27)9-11-22/h1,8-11,14-15H,6-7,12-13H2,2-4H3,(H,28,29,30). The maximum absolute atomic E-state index is 8.99. The molecule has 0 spiro atoms. The lowest BCUT2D eigenvalue weighted by atomic mass is 10.0. The zero-order valence-electron chi connectivity index (χ0n) is 18.2. The first-order valence-electron chi connectivity index (χ1n) is 10.5. The van der Waals surface area contributed by atoms with Crippen molar-refractivity contribution in [1.29, 1.82) is 5.26 Å². The zero-order chi connectivity index (χ0) is 22.0. The lowest BCUT2D eigenvalue weighted by molar-refractivity contribution is 0.967. The molecule has 0 radical (unpaired) electrons. The van der Waals surface area contributed by atoms with Crippen LogP contribution in [0.3, 0.4) is 0 Å². The van der Waals surface area contributed by atoms with Gasteiger partial charge in [-0.05, 0) is 74.6 Å². The van der Waals surface area contributed by atoms with Crippen LogP contribution in [0.1, 0.15) is 39.9 Å². The molecule has 0 amide bonds. The van der Waals surface area contributed by atoms with Crippen molar-refractivity contribution in [1.82, 2.24) is 9.97 Å². The summed E-state index contributed by atoms with van der Waals surface area (Å²) in [4.78, 5) is 11.9. The molecule has 5 nitrogen and oxygen atoms in total. The lowest BCUT2D eigenvalue weighted by Crippen LogP contribution is -2.17. The molecule has 2 aromatic carbocycles. The molecule has 0 saturated heterocycles.